The minimum atomic E-state index is -4.91. The van der Waals surface area contributed by atoms with Crippen molar-refractivity contribution in [3.05, 3.63) is 101 Å². The van der Waals surface area contributed by atoms with E-state index in [1.54, 1.807) is 30.3 Å². The van der Waals surface area contributed by atoms with Crippen molar-refractivity contribution in [1.82, 2.24) is 9.97 Å². The topological polar surface area (TPSA) is 138 Å². The summed E-state index contributed by atoms with van der Waals surface area (Å²) >= 11 is 0. The molecule has 0 saturated carbocycles. The highest BCUT2D eigenvalue weighted by molar-refractivity contribution is 7.86. The van der Waals surface area contributed by atoms with Gasteiger partial charge in [0.2, 0.25) is 0 Å². The van der Waals surface area contributed by atoms with Gasteiger partial charge in [0.15, 0.2) is 0 Å². The summed E-state index contributed by atoms with van der Waals surface area (Å²) in [6.45, 7) is 3.53. The van der Waals surface area contributed by atoms with Gasteiger partial charge in [0.25, 0.3) is 11.8 Å². The number of aromatic nitrogens is 2. The molecule has 0 radical (unpaired) electrons. The Kier molecular flexibility index (Phi) is 7.60. The Morgan fingerprint density at radius 3 is 1.68 bits per heavy atom. The number of halogens is 1. The van der Waals surface area contributed by atoms with Crippen molar-refractivity contribution < 1.29 is 27.0 Å². The van der Waals surface area contributed by atoms with Gasteiger partial charge < -0.3 is 15.7 Å². The lowest BCUT2D eigenvalue weighted by molar-refractivity contribution is 0.101. The second-order valence-electron chi connectivity index (χ2n) is 8.39. The van der Waals surface area contributed by atoms with Crippen LogP contribution in [0.4, 0.5) is 15.3 Å². The fraction of sp³-hybridized carbons (Fsp3) is 0.111. The van der Waals surface area contributed by atoms with Crippen LogP contribution in [-0.2, 0) is 16.8 Å². The molecule has 2 amide bonds. The predicted octanol–water partition coefficient (Wildman–Crippen LogP) is 4.42. The van der Waals surface area contributed by atoms with E-state index < -0.39 is 26.9 Å². The molecule has 0 aliphatic heterocycles. The number of carbonyl (C=O) groups is 2. The van der Waals surface area contributed by atoms with E-state index in [-0.39, 0.29) is 18.0 Å². The second-order valence-corrected chi connectivity index (χ2v) is 9.74. The molecule has 0 aliphatic carbocycles. The van der Waals surface area contributed by atoms with Crippen molar-refractivity contribution in [3.63, 3.8) is 0 Å². The summed E-state index contributed by atoms with van der Waals surface area (Å²) in [5.41, 5.74) is 5.00. The molecule has 4 aromatic rings. The number of amides is 2. The van der Waals surface area contributed by atoms with Crippen LogP contribution in [0, 0.1) is 13.8 Å². The highest BCUT2D eigenvalue weighted by Crippen LogP contribution is 2.34. The number of hydrogen-bond acceptors (Lipinski definition) is 7. The van der Waals surface area contributed by atoms with Crippen LogP contribution in [0.1, 0.15) is 37.7 Å². The van der Waals surface area contributed by atoms with Crippen LogP contribution in [0.15, 0.2) is 78.0 Å². The fourth-order valence-electron chi connectivity index (χ4n) is 3.81. The molecule has 0 bridgehead atoms. The SMILES string of the molecule is Cc1c(NC(=O)c2ccc(CO)cn2)cccc1-c1cccc(NC(=O)c2ccc(S(=O)(=O)F)cn2)c1C. The number of benzene rings is 2. The van der Waals surface area contributed by atoms with Gasteiger partial charge in [0, 0.05) is 23.8 Å². The van der Waals surface area contributed by atoms with Crippen LogP contribution >= 0.6 is 0 Å². The Morgan fingerprint density at radius 2 is 1.29 bits per heavy atom. The van der Waals surface area contributed by atoms with Gasteiger partial charge in [-0.2, -0.15) is 8.42 Å². The molecule has 0 unspecified atom stereocenters. The van der Waals surface area contributed by atoms with E-state index >= 15 is 0 Å². The lowest BCUT2D eigenvalue weighted by Crippen LogP contribution is -2.15. The molecule has 2 aromatic carbocycles. The Balaban J connectivity index is 1.58. The Hall–Kier alpha value is -4.48. The number of anilines is 2. The molecule has 9 nitrogen and oxygen atoms in total. The minimum absolute atomic E-state index is 0.0799. The van der Waals surface area contributed by atoms with Gasteiger partial charge in [0.05, 0.1) is 6.61 Å². The van der Waals surface area contributed by atoms with Gasteiger partial charge in [0.1, 0.15) is 16.3 Å². The third kappa shape index (κ3) is 5.74. The maximum Gasteiger partial charge on any atom is 0.333 e. The van der Waals surface area contributed by atoms with E-state index in [2.05, 4.69) is 20.6 Å². The molecule has 194 valence electrons. The normalized spacial score (nSPS) is 11.2. The van der Waals surface area contributed by atoms with Crippen LogP contribution in [0.3, 0.4) is 0 Å². The lowest BCUT2D eigenvalue weighted by atomic mass is 9.94. The van der Waals surface area contributed by atoms with Crippen LogP contribution in [-0.4, -0.2) is 35.3 Å². The molecular formula is C27H23FN4O5S. The molecule has 0 saturated heterocycles. The molecular weight excluding hydrogens is 511 g/mol. The van der Waals surface area contributed by atoms with Crippen molar-refractivity contribution in [1.29, 1.82) is 0 Å². The van der Waals surface area contributed by atoms with Crippen LogP contribution < -0.4 is 10.6 Å². The summed E-state index contributed by atoms with van der Waals surface area (Å²) in [6, 6.07) is 16.1. The van der Waals surface area contributed by atoms with E-state index in [1.807, 2.05) is 26.0 Å². The number of aliphatic hydroxyl groups is 1. The third-order valence-corrected chi connectivity index (χ3v) is 6.75. The number of nitrogens with one attached hydrogen (secondary N) is 2. The zero-order chi connectivity index (χ0) is 27.4. The average Bonchev–Trinajstić information content (AvgIpc) is 2.91. The Bertz CT molecular complexity index is 1620. The molecule has 2 aromatic heterocycles. The van der Waals surface area contributed by atoms with E-state index in [4.69, 9.17) is 5.11 Å². The number of carbonyl (C=O) groups excluding carboxylic acids is 2. The van der Waals surface area contributed by atoms with Gasteiger partial charge >= 0.3 is 10.2 Å². The van der Waals surface area contributed by atoms with Gasteiger partial charge in [-0.15, -0.1) is 3.89 Å². The highest BCUT2D eigenvalue weighted by Gasteiger charge is 2.17. The molecule has 0 atom stereocenters. The van der Waals surface area contributed by atoms with Crippen molar-refractivity contribution in [3.8, 4) is 11.1 Å². The van der Waals surface area contributed by atoms with Crippen molar-refractivity contribution in [2.75, 3.05) is 10.6 Å². The molecule has 0 fully saturated rings. The largest absolute Gasteiger partial charge is 0.392 e. The molecule has 38 heavy (non-hydrogen) atoms. The smallest absolute Gasteiger partial charge is 0.333 e. The quantitative estimate of drug-likeness (QED) is 0.299. The predicted molar refractivity (Wildman–Crippen MR) is 140 cm³/mol. The summed E-state index contributed by atoms with van der Waals surface area (Å²) in [4.78, 5) is 32.6. The van der Waals surface area contributed by atoms with Gasteiger partial charge in [-0.1, -0.05) is 30.3 Å². The Labute approximate surface area is 218 Å². The van der Waals surface area contributed by atoms with Crippen molar-refractivity contribution in [2.45, 2.75) is 25.3 Å². The molecule has 2 heterocycles. The maximum absolute atomic E-state index is 13.1. The minimum Gasteiger partial charge on any atom is -0.392 e. The van der Waals surface area contributed by atoms with Crippen molar-refractivity contribution in [2.24, 2.45) is 0 Å². The number of nitrogens with zero attached hydrogens (tertiary/aromatic N) is 2. The Morgan fingerprint density at radius 1 is 0.789 bits per heavy atom. The number of aliphatic hydroxyl groups excluding tert-OH is 1. The zero-order valence-corrected chi connectivity index (χ0v) is 21.2. The number of hydrogen-bond donors (Lipinski definition) is 3. The first-order chi connectivity index (χ1) is 18.1. The molecule has 0 aliphatic rings. The molecule has 11 heteroatoms. The summed E-state index contributed by atoms with van der Waals surface area (Å²) in [7, 11) is -4.91. The van der Waals surface area contributed by atoms with E-state index in [1.165, 1.54) is 12.3 Å². The zero-order valence-electron chi connectivity index (χ0n) is 20.4. The van der Waals surface area contributed by atoms with Gasteiger partial charge in [-0.25, -0.2) is 4.98 Å². The van der Waals surface area contributed by atoms with E-state index in [9.17, 15) is 21.9 Å². The van der Waals surface area contributed by atoms with E-state index in [0.717, 1.165) is 40.6 Å². The van der Waals surface area contributed by atoms with Crippen LogP contribution in [0.2, 0.25) is 0 Å². The van der Waals surface area contributed by atoms with Crippen LogP contribution in [0.5, 0.6) is 0 Å². The van der Waals surface area contributed by atoms with E-state index in [0.29, 0.717) is 16.9 Å². The first-order valence-electron chi connectivity index (χ1n) is 11.4. The summed E-state index contributed by atoms with van der Waals surface area (Å²) in [5, 5.41) is 14.8. The summed E-state index contributed by atoms with van der Waals surface area (Å²) in [6.07, 6.45) is 2.22. The van der Waals surface area contributed by atoms with Gasteiger partial charge in [-0.3, -0.25) is 14.6 Å². The molecule has 3 N–H and O–H groups in total. The van der Waals surface area contributed by atoms with Crippen molar-refractivity contribution >= 4 is 33.4 Å². The highest BCUT2D eigenvalue weighted by atomic mass is 32.3. The number of rotatable bonds is 7. The maximum atomic E-state index is 13.1. The van der Waals surface area contributed by atoms with Crippen LogP contribution in [0.25, 0.3) is 11.1 Å². The third-order valence-electron chi connectivity index (χ3n) is 5.94. The summed E-state index contributed by atoms with van der Waals surface area (Å²) in [5.74, 6) is -0.989. The lowest BCUT2D eigenvalue weighted by Gasteiger charge is -2.17. The summed E-state index contributed by atoms with van der Waals surface area (Å²) < 4.78 is 35.1. The fourth-order valence-corrected chi connectivity index (χ4v) is 4.22. The molecule has 4 rings (SSSR count). The molecule has 0 spiro atoms. The average molecular weight is 535 g/mol. The number of pyridine rings is 2. The monoisotopic (exact) mass is 534 g/mol. The first kappa shape index (κ1) is 26.6. The second kappa shape index (κ2) is 10.9. The van der Waals surface area contributed by atoms with Gasteiger partial charge in [-0.05, 0) is 72.0 Å². The first-order valence-corrected chi connectivity index (χ1v) is 12.8. The standard InChI is InChI=1S/C27H23FN4O5S/c1-16-20(5-3-7-22(16)31-26(34)24-11-9-18(15-33)13-29-24)21-6-4-8-23(17(21)2)32-27(35)25-12-10-19(14-30-25)38(28,36)37/h3-14,33H,15H2,1-2H3,(H,31,34)(H,32,35).